The molecule has 0 saturated carbocycles. The summed E-state index contributed by atoms with van der Waals surface area (Å²) in [4.78, 5) is 38.1. The Balaban J connectivity index is 4.39. The van der Waals surface area contributed by atoms with E-state index in [1.54, 1.807) is 6.08 Å². The number of allylic oxidation sites excluding steroid dienone is 11. The highest BCUT2D eigenvalue weighted by Crippen LogP contribution is 2.17. The molecule has 404 valence electrons. The lowest BCUT2D eigenvalue weighted by molar-refractivity contribution is -0.166. The molecule has 0 aliphatic rings. The fraction of sp³-hybridized carbons (Fsp3) is 0.766. The molecule has 1 atom stereocenters. The standard InChI is InChI=1S/C64H112O6/c1-4-7-10-13-16-19-22-25-28-29-30-31-32-33-34-37-39-42-45-48-51-54-57-63(66)69-60-61(70-64(67)58-55-52-49-46-43-40-36-27-24-21-18-15-12-9-6-3)59-68-62(65)56-53-50-47-44-41-38-35-26-23-20-17-14-11-8-5-2/h9,12,18,21,26-27,35-36,43,46,52,55,61H,4-8,10-11,13-17,19-20,22-25,28-34,37-42,44-45,47-51,53-54,56-60H2,1-3H3/b12-9-,21-18-,35-26-,36-27-,46-43-,55-52-. The van der Waals surface area contributed by atoms with Gasteiger partial charge in [-0.25, -0.2) is 0 Å². The molecule has 0 aliphatic carbocycles. The van der Waals surface area contributed by atoms with Gasteiger partial charge in [-0.3, -0.25) is 14.4 Å². The molecule has 0 spiro atoms. The third-order valence-corrected chi connectivity index (χ3v) is 13.0. The summed E-state index contributed by atoms with van der Waals surface area (Å²) in [6, 6.07) is 0. The molecule has 70 heavy (non-hydrogen) atoms. The molecule has 6 heteroatoms. The van der Waals surface area contributed by atoms with E-state index in [0.717, 1.165) is 83.5 Å². The second kappa shape index (κ2) is 58.4. The summed E-state index contributed by atoms with van der Waals surface area (Å²) in [6.45, 7) is 6.46. The van der Waals surface area contributed by atoms with Gasteiger partial charge < -0.3 is 14.2 Å². The normalized spacial score (nSPS) is 12.6. The summed E-state index contributed by atoms with van der Waals surface area (Å²) >= 11 is 0. The molecular formula is C64H112O6. The Morgan fingerprint density at radius 3 is 0.929 bits per heavy atom. The molecule has 1 unspecified atom stereocenters. The number of carbonyl (C=O) groups is 3. The highest BCUT2D eigenvalue weighted by Gasteiger charge is 2.19. The first-order valence-electron chi connectivity index (χ1n) is 29.9. The van der Waals surface area contributed by atoms with Crippen LogP contribution in [0.15, 0.2) is 72.9 Å². The van der Waals surface area contributed by atoms with Gasteiger partial charge >= 0.3 is 17.9 Å². The largest absolute Gasteiger partial charge is 0.462 e. The van der Waals surface area contributed by atoms with Crippen molar-refractivity contribution >= 4 is 17.9 Å². The predicted octanol–water partition coefficient (Wildman–Crippen LogP) is 20.2. The second-order valence-electron chi connectivity index (χ2n) is 19.9. The van der Waals surface area contributed by atoms with Crippen LogP contribution in [-0.4, -0.2) is 37.2 Å². The highest BCUT2D eigenvalue weighted by atomic mass is 16.6. The molecule has 0 aromatic heterocycles. The van der Waals surface area contributed by atoms with Crippen LogP contribution >= 0.6 is 0 Å². The topological polar surface area (TPSA) is 78.9 Å². The maximum absolute atomic E-state index is 12.8. The first-order chi connectivity index (χ1) is 34.5. The van der Waals surface area contributed by atoms with E-state index in [1.807, 2.05) is 6.08 Å². The van der Waals surface area contributed by atoms with Gasteiger partial charge in [0.2, 0.25) is 0 Å². The van der Waals surface area contributed by atoms with E-state index < -0.39 is 12.1 Å². The van der Waals surface area contributed by atoms with Crippen molar-refractivity contribution in [3.05, 3.63) is 72.9 Å². The monoisotopic (exact) mass is 977 g/mol. The van der Waals surface area contributed by atoms with E-state index >= 15 is 0 Å². The van der Waals surface area contributed by atoms with Gasteiger partial charge in [-0.1, -0.05) is 280 Å². The number of hydrogen-bond acceptors (Lipinski definition) is 6. The molecule has 0 aromatic carbocycles. The summed E-state index contributed by atoms with van der Waals surface area (Å²) in [6.07, 6.45) is 75.0. The summed E-state index contributed by atoms with van der Waals surface area (Å²) in [5.41, 5.74) is 0. The van der Waals surface area contributed by atoms with E-state index in [1.165, 1.54) is 173 Å². The number of unbranched alkanes of at least 4 members (excludes halogenated alkanes) is 32. The van der Waals surface area contributed by atoms with E-state index in [0.29, 0.717) is 12.8 Å². The molecule has 6 nitrogen and oxygen atoms in total. The van der Waals surface area contributed by atoms with Gasteiger partial charge in [0.15, 0.2) is 6.10 Å². The number of esters is 3. The third-order valence-electron chi connectivity index (χ3n) is 13.0. The Bertz CT molecular complexity index is 1310. The Hall–Kier alpha value is -3.15. The van der Waals surface area contributed by atoms with Gasteiger partial charge in [-0.2, -0.15) is 0 Å². The molecular weight excluding hydrogens is 865 g/mol. The molecule has 0 amide bonds. The van der Waals surface area contributed by atoms with Crippen molar-refractivity contribution in [1.29, 1.82) is 0 Å². The van der Waals surface area contributed by atoms with E-state index in [2.05, 4.69) is 81.5 Å². The van der Waals surface area contributed by atoms with Gasteiger partial charge in [-0.05, 0) is 70.6 Å². The summed E-state index contributed by atoms with van der Waals surface area (Å²) in [5, 5.41) is 0. The second-order valence-corrected chi connectivity index (χ2v) is 19.9. The zero-order valence-corrected chi connectivity index (χ0v) is 46.3. The molecule has 0 heterocycles. The number of hydrogen-bond donors (Lipinski definition) is 0. The van der Waals surface area contributed by atoms with Gasteiger partial charge in [-0.15, -0.1) is 0 Å². The molecule has 0 aliphatic heterocycles. The first kappa shape index (κ1) is 66.9. The minimum atomic E-state index is -0.832. The Labute approximate surface area is 433 Å². The lowest BCUT2D eigenvalue weighted by Gasteiger charge is -2.18. The number of rotatable bonds is 54. The van der Waals surface area contributed by atoms with Crippen molar-refractivity contribution in [3.8, 4) is 0 Å². The van der Waals surface area contributed by atoms with Crippen LogP contribution in [0.25, 0.3) is 0 Å². The average molecular weight is 978 g/mol. The first-order valence-corrected chi connectivity index (χ1v) is 29.9. The molecule has 0 saturated heterocycles. The predicted molar refractivity (Wildman–Crippen MR) is 302 cm³/mol. The van der Waals surface area contributed by atoms with Crippen molar-refractivity contribution in [1.82, 2.24) is 0 Å². The molecule has 0 aromatic rings. The smallest absolute Gasteiger partial charge is 0.310 e. The van der Waals surface area contributed by atoms with Crippen molar-refractivity contribution < 1.29 is 28.6 Å². The third kappa shape index (κ3) is 55.8. The van der Waals surface area contributed by atoms with Gasteiger partial charge in [0.25, 0.3) is 0 Å². The average Bonchev–Trinajstić information content (AvgIpc) is 3.36. The van der Waals surface area contributed by atoms with Crippen LogP contribution in [0.5, 0.6) is 0 Å². The zero-order chi connectivity index (χ0) is 50.7. The Morgan fingerprint density at radius 2 is 0.600 bits per heavy atom. The fourth-order valence-electron chi connectivity index (χ4n) is 8.51. The van der Waals surface area contributed by atoms with Gasteiger partial charge in [0, 0.05) is 12.8 Å². The highest BCUT2D eigenvalue weighted by molar-refractivity contribution is 5.72. The summed E-state index contributed by atoms with van der Waals surface area (Å²) < 4.78 is 16.8. The van der Waals surface area contributed by atoms with Gasteiger partial charge in [0.05, 0.1) is 6.42 Å². The molecule has 0 rings (SSSR count). The van der Waals surface area contributed by atoms with Crippen LogP contribution in [0.4, 0.5) is 0 Å². The fourth-order valence-corrected chi connectivity index (χ4v) is 8.51. The van der Waals surface area contributed by atoms with Crippen LogP contribution < -0.4 is 0 Å². The van der Waals surface area contributed by atoms with E-state index in [9.17, 15) is 14.4 Å². The Morgan fingerprint density at radius 1 is 0.314 bits per heavy atom. The van der Waals surface area contributed by atoms with Crippen molar-refractivity contribution in [3.63, 3.8) is 0 Å². The molecule has 0 radical (unpaired) electrons. The minimum absolute atomic E-state index is 0.0975. The number of carbonyl (C=O) groups excluding carboxylic acids is 3. The van der Waals surface area contributed by atoms with Crippen LogP contribution in [0.1, 0.15) is 297 Å². The van der Waals surface area contributed by atoms with Crippen LogP contribution in [0.3, 0.4) is 0 Å². The van der Waals surface area contributed by atoms with Gasteiger partial charge in [0.1, 0.15) is 13.2 Å². The van der Waals surface area contributed by atoms with Crippen LogP contribution in [-0.2, 0) is 28.6 Å². The lowest BCUT2D eigenvalue weighted by atomic mass is 10.0. The maximum Gasteiger partial charge on any atom is 0.310 e. The lowest BCUT2D eigenvalue weighted by Crippen LogP contribution is -2.30. The summed E-state index contributed by atoms with van der Waals surface area (Å²) in [7, 11) is 0. The zero-order valence-electron chi connectivity index (χ0n) is 46.3. The quantitative estimate of drug-likeness (QED) is 0.0261. The maximum atomic E-state index is 12.8. The summed E-state index contributed by atoms with van der Waals surface area (Å²) in [5.74, 6) is -1.04. The van der Waals surface area contributed by atoms with Crippen molar-refractivity contribution in [2.45, 2.75) is 303 Å². The minimum Gasteiger partial charge on any atom is -0.462 e. The molecule has 0 N–H and O–H groups in total. The van der Waals surface area contributed by atoms with E-state index in [4.69, 9.17) is 14.2 Å². The van der Waals surface area contributed by atoms with Crippen LogP contribution in [0.2, 0.25) is 0 Å². The SMILES string of the molecule is CC/C=C\C/C=C\C/C=C\C/C=C\C/C=C\CC(=O)OC(COC(=O)CCCCCCC/C=C\CCCCCCCC)COC(=O)CCCCCCCCCCCCCCCCCCCCCCCC. The van der Waals surface area contributed by atoms with Crippen molar-refractivity contribution in [2.75, 3.05) is 13.2 Å². The number of ether oxygens (including phenoxy) is 3. The van der Waals surface area contributed by atoms with Crippen molar-refractivity contribution in [2.24, 2.45) is 0 Å². The molecule has 0 bridgehead atoms. The van der Waals surface area contributed by atoms with Crippen LogP contribution in [0, 0.1) is 0 Å². The Kier molecular flexibility index (Phi) is 55.8. The molecule has 0 fully saturated rings. The van der Waals surface area contributed by atoms with E-state index in [-0.39, 0.29) is 31.6 Å².